The molecule has 0 radical (unpaired) electrons. The highest BCUT2D eigenvalue weighted by Crippen LogP contribution is 2.44. The molecule has 7 nitrogen and oxygen atoms in total. The molecule has 0 amide bonds. The SMILES string of the molecule is CS(=O)(=O)c1ccc(-c2c(C3CCOCC3)n(-c3ccc(F)cc3)c3cc4cn[nH]c4cc23)nc1. The van der Waals surface area contributed by atoms with Gasteiger partial charge in [0.25, 0.3) is 0 Å². The Hall–Kier alpha value is -3.56. The van der Waals surface area contributed by atoms with E-state index in [9.17, 15) is 12.8 Å². The Morgan fingerprint density at radius 2 is 1.83 bits per heavy atom. The fraction of sp³-hybridized carbons (Fsp3) is 0.231. The van der Waals surface area contributed by atoms with Crippen LogP contribution in [0.3, 0.4) is 0 Å². The molecule has 178 valence electrons. The monoisotopic (exact) mass is 490 g/mol. The number of aromatic amines is 1. The Kier molecular flexibility index (Phi) is 5.19. The van der Waals surface area contributed by atoms with Gasteiger partial charge in [-0.15, -0.1) is 0 Å². The number of pyridine rings is 1. The summed E-state index contributed by atoms with van der Waals surface area (Å²) in [5, 5.41) is 9.16. The van der Waals surface area contributed by atoms with E-state index in [2.05, 4.69) is 31.9 Å². The summed E-state index contributed by atoms with van der Waals surface area (Å²) >= 11 is 0. The van der Waals surface area contributed by atoms with Crippen LogP contribution in [0.25, 0.3) is 38.8 Å². The van der Waals surface area contributed by atoms with Gasteiger partial charge in [-0.2, -0.15) is 5.10 Å². The van der Waals surface area contributed by atoms with Gasteiger partial charge in [-0.25, -0.2) is 12.8 Å². The van der Waals surface area contributed by atoms with Gasteiger partial charge in [-0.1, -0.05) is 0 Å². The first-order valence-electron chi connectivity index (χ1n) is 11.4. The van der Waals surface area contributed by atoms with Crippen molar-refractivity contribution < 1.29 is 17.5 Å². The van der Waals surface area contributed by atoms with Crippen molar-refractivity contribution in [1.82, 2.24) is 19.7 Å². The molecule has 0 unspecified atom stereocenters. The number of nitrogens with one attached hydrogen (secondary N) is 1. The average Bonchev–Trinajstić information content (AvgIpc) is 3.45. The maximum absolute atomic E-state index is 13.8. The van der Waals surface area contributed by atoms with Crippen molar-refractivity contribution >= 4 is 31.6 Å². The highest BCUT2D eigenvalue weighted by Gasteiger charge is 2.29. The molecule has 1 N–H and O–H groups in total. The van der Waals surface area contributed by atoms with Crippen LogP contribution in [0.15, 0.2) is 65.8 Å². The first kappa shape index (κ1) is 21.9. The fourth-order valence-corrected chi connectivity index (χ4v) is 5.55. The van der Waals surface area contributed by atoms with Crippen molar-refractivity contribution in [2.75, 3.05) is 19.5 Å². The smallest absolute Gasteiger partial charge is 0.177 e. The number of H-pyrrole nitrogens is 1. The molecule has 0 spiro atoms. The molecule has 2 aromatic carbocycles. The van der Waals surface area contributed by atoms with Crippen LogP contribution in [0, 0.1) is 5.82 Å². The molecule has 1 saturated heterocycles. The van der Waals surface area contributed by atoms with E-state index < -0.39 is 9.84 Å². The van der Waals surface area contributed by atoms with Gasteiger partial charge in [-0.05, 0) is 61.4 Å². The zero-order chi connectivity index (χ0) is 24.2. The second kappa shape index (κ2) is 8.28. The molecule has 4 heterocycles. The summed E-state index contributed by atoms with van der Waals surface area (Å²) in [6.45, 7) is 1.31. The number of hydrogen-bond acceptors (Lipinski definition) is 5. The van der Waals surface area contributed by atoms with Crippen molar-refractivity contribution in [3.8, 4) is 16.9 Å². The van der Waals surface area contributed by atoms with Crippen LogP contribution in [-0.2, 0) is 14.6 Å². The minimum atomic E-state index is -3.37. The lowest BCUT2D eigenvalue weighted by Gasteiger charge is -2.25. The summed E-state index contributed by atoms with van der Waals surface area (Å²) in [5.74, 6) is -0.114. The van der Waals surface area contributed by atoms with Gasteiger partial charge >= 0.3 is 0 Å². The van der Waals surface area contributed by atoms with Crippen molar-refractivity contribution in [3.05, 3.63) is 72.4 Å². The van der Waals surface area contributed by atoms with Crippen LogP contribution in [0.4, 0.5) is 4.39 Å². The summed E-state index contributed by atoms with van der Waals surface area (Å²) in [6, 6.07) is 14.0. The summed E-state index contributed by atoms with van der Waals surface area (Å²) in [6.07, 6.45) is 6.04. The predicted molar refractivity (Wildman–Crippen MR) is 132 cm³/mol. The number of fused-ring (bicyclic) bond motifs is 2. The molecule has 0 saturated carbocycles. The Labute approximate surface area is 201 Å². The maximum Gasteiger partial charge on any atom is 0.177 e. The van der Waals surface area contributed by atoms with Crippen molar-refractivity contribution in [2.24, 2.45) is 0 Å². The molecule has 1 aliphatic heterocycles. The number of hydrogen-bond donors (Lipinski definition) is 1. The first-order chi connectivity index (χ1) is 16.9. The molecule has 0 atom stereocenters. The van der Waals surface area contributed by atoms with Gasteiger partial charge in [0.15, 0.2) is 9.84 Å². The Morgan fingerprint density at radius 1 is 1.06 bits per heavy atom. The summed E-state index contributed by atoms with van der Waals surface area (Å²) in [7, 11) is -3.37. The van der Waals surface area contributed by atoms with Crippen LogP contribution < -0.4 is 0 Å². The Bertz CT molecular complexity index is 1650. The lowest BCUT2D eigenvalue weighted by Crippen LogP contribution is -2.17. The van der Waals surface area contributed by atoms with E-state index in [-0.39, 0.29) is 16.6 Å². The molecule has 0 aliphatic carbocycles. The quantitative estimate of drug-likeness (QED) is 0.383. The number of sulfone groups is 1. The van der Waals surface area contributed by atoms with Gasteiger partial charge in [-0.3, -0.25) is 10.1 Å². The fourth-order valence-electron chi connectivity index (χ4n) is 4.99. The molecule has 9 heteroatoms. The standard InChI is InChI=1S/C26H23FN4O3S/c1-35(32,33)20-6-7-22(28-15-20)25-21-13-23-17(14-29-30-23)12-24(21)31(19-4-2-18(27)3-5-19)26(25)16-8-10-34-11-9-16/h2-7,12-16H,8-11H2,1H3,(H,29,30). The Balaban J connectivity index is 1.71. The normalized spacial score (nSPS) is 15.3. The molecule has 0 bridgehead atoms. The van der Waals surface area contributed by atoms with E-state index in [1.165, 1.54) is 24.6 Å². The number of rotatable bonds is 4. The van der Waals surface area contributed by atoms with Crippen LogP contribution in [-0.4, -0.2) is 47.6 Å². The van der Waals surface area contributed by atoms with E-state index >= 15 is 0 Å². The molecule has 1 aliphatic rings. The summed E-state index contributed by atoms with van der Waals surface area (Å²) in [5.41, 5.74) is 5.38. The highest BCUT2D eigenvalue weighted by atomic mass is 32.2. The molecular formula is C26H23FN4O3S. The van der Waals surface area contributed by atoms with Crippen LogP contribution in [0.5, 0.6) is 0 Å². The molecule has 1 fully saturated rings. The number of nitrogens with zero attached hydrogens (tertiary/aromatic N) is 3. The van der Waals surface area contributed by atoms with Gasteiger partial charge in [0.05, 0.1) is 27.8 Å². The number of ether oxygens (including phenoxy) is 1. The first-order valence-corrected chi connectivity index (χ1v) is 13.3. The topological polar surface area (TPSA) is 89.9 Å². The third-order valence-corrected chi connectivity index (χ3v) is 7.78. The van der Waals surface area contributed by atoms with Gasteiger partial charge in [0.2, 0.25) is 0 Å². The lowest BCUT2D eigenvalue weighted by molar-refractivity contribution is 0.0843. The van der Waals surface area contributed by atoms with Gasteiger partial charge in [0, 0.05) is 59.3 Å². The summed E-state index contributed by atoms with van der Waals surface area (Å²) < 4.78 is 45.8. The molecule has 3 aromatic heterocycles. The highest BCUT2D eigenvalue weighted by molar-refractivity contribution is 7.90. The number of benzene rings is 2. The second-order valence-electron chi connectivity index (χ2n) is 8.94. The van der Waals surface area contributed by atoms with Crippen molar-refractivity contribution in [1.29, 1.82) is 0 Å². The van der Waals surface area contributed by atoms with Crippen molar-refractivity contribution in [3.63, 3.8) is 0 Å². The third kappa shape index (κ3) is 3.81. The zero-order valence-electron chi connectivity index (χ0n) is 19.0. The number of halogens is 1. The minimum Gasteiger partial charge on any atom is -0.381 e. The molecule has 35 heavy (non-hydrogen) atoms. The molecule has 6 rings (SSSR count). The van der Waals surface area contributed by atoms with Crippen molar-refractivity contribution in [2.45, 2.75) is 23.7 Å². The summed E-state index contributed by atoms with van der Waals surface area (Å²) in [4.78, 5) is 4.77. The van der Waals surface area contributed by atoms with E-state index in [0.29, 0.717) is 18.9 Å². The maximum atomic E-state index is 13.8. The van der Waals surface area contributed by atoms with Crippen LogP contribution in [0.1, 0.15) is 24.5 Å². The average molecular weight is 491 g/mol. The molecule has 5 aromatic rings. The Morgan fingerprint density at radius 3 is 2.51 bits per heavy atom. The second-order valence-corrected chi connectivity index (χ2v) is 11.0. The van der Waals surface area contributed by atoms with Gasteiger partial charge in [0.1, 0.15) is 5.82 Å². The lowest BCUT2D eigenvalue weighted by atomic mass is 9.91. The van der Waals surface area contributed by atoms with E-state index in [4.69, 9.17) is 4.74 Å². The van der Waals surface area contributed by atoms with Crippen LogP contribution >= 0.6 is 0 Å². The van der Waals surface area contributed by atoms with E-state index in [0.717, 1.165) is 51.6 Å². The third-order valence-electron chi connectivity index (χ3n) is 6.68. The minimum absolute atomic E-state index is 0.173. The zero-order valence-corrected chi connectivity index (χ0v) is 19.8. The van der Waals surface area contributed by atoms with E-state index in [1.807, 2.05) is 0 Å². The van der Waals surface area contributed by atoms with Crippen LogP contribution in [0.2, 0.25) is 0 Å². The van der Waals surface area contributed by atoms with Gasteiger partial charge < -0.3 is 9.30 Å². The number of aromatic nitrogens is 4. The van der Waals surface area contributed by atoms with E-state index in [1.54, 1.807) is 30.5 Å². The largest absolute Gasteiger partial charge is 0.381 e. The molecular weight excluding hydrogens is 467 g/mol. The predicted octanol–water partition coefficient (Wildman–Crippen LogP) is 5.01.